The summed E-state index contributed by atoms with van der Waals surface area (Å²) in [4.78, 5) is 0. The summed E-state index contributed by atoms with van der Waals surface area (Å²) in [7, 11) is 1.65. The Morgan fingerprint density at radius 2 is 2.25 bits per heavy atom. The summed E-state index contributed by atoms with van der Waals surface area (Å²) in [6, 6.07) is 5.95. The van der Waals surface area contributed by atoms with Gasteiger partial charge < -0.3 is 15.2 Å². The molecule has 3 nitrogen and oxygen atoms in total. The summed E-state index contributed by atoms with van der Waals surface area (Å²) in [5.41, 5.74) is 0.977. The van der Waals surface area contributed by atoms with Crippen molar-refractivity contribution in [2.45, 2.75) is 31.4 Å². The molecule has 0 aliphatic heterocycles. The lowest BCUT2D eigenvalue weighted by Crippen LogP contribution is -2.28. The quantitative estimate of drug-likeness (QED) is 0.897. The number of methoxy groups -OCH3 is 1. The van der Waals surface area contributed by atoms with Crippen LogP contribution in [-0.4, -0.2) is 24.4 Å². The van der Waals surface area contributed by atoms with Crippen LogP contribution in [-0.2, 0) is 0 Å². The van der Waals surface area contributed by atoms with Crippen molar-refractivity contribution in [2.24, 2.45) is 0 Å². The molecule has 1 aromatic rings. The van der Waals surface area contributed by atoms with E-state index in [9.17, 15) is 5.11 Å². The zero-order valence-electron chi connectivity index (χ0n) is 9.24. The molecule has 88 valence electrons. The second-order valence-corrected chi connectivity index (χ2v) is 4.95. The molecule has 0 bridgehead atoms. The highest BCUT2D eigenvalue weighted by Crippen LogP contribution is 2.30. The van der Waals surface area contributed by atoms with Gasteiger partial charge in [0.15, 0.2) is 0 Å². The molecular formula is C12H16BrNO2. The maximum Gasteiger partial charge on any atom is 0.121 e. The minimum Gasteiger partial charge on any atom is -0.497 e. The summed E-state index contributed by atoms with van der Waals surface area (Å²) < 4.78 is 6.17. The molecule has 1 saturated carbocycles. The molecular weight excluding hydrogens is 270 g/mol. The molecule has 1 aromatic carbocycles. The highest BCUT2D eigenvalue weighted by atomic mass is 79.9. The fourth-order valence-corrected chi connectivity index (χ4v) is 2.41. The van der Waals surface area contributed by atoms with Crippen LogP contribution in [0.15, 0.2) is 22.7 Å². The molecule has 1 fully saturated rings. The maximum atomic E-state index is 9.76. The number of benzene rings is 1. The van der Waals surface area contributed by atoms with Crippen LogP contribution in [0.3, 0.4) is 0 Å². The van der Waals surface area contributed by atoms with Gasteiger partial charge in [0.2, 0.25) is 0 Å². The van der Waals surface area contributed by atoms with Crippen molar-refractivity contribution in [3.05, 3.63) is 22.7 Å². The van der Waals surface area contributed by atoms with Crippen molar-refractivity contribution in [2.75, 3.05) is 12.4 Å². The Hall–Kier alpha value is -0.740. The lowest BCUT2D eigenvalue weighted by molar-refractivity contribution is 0.172. The zero-order chi connectivity index (χ0) is 11.5. The molecule has 1 aliphatic rings. The Morgan fingerprint density at radius 3 is 2.88 bits per heavy atom. The van der Waals surface area contributed by atoms with E-state index in [1.165, 1.54) is 0 Å². The van der Waals surface area contributed by atoms with Crippen molar-refractivity contribution in [1.29, 1.82) is 0 Å². The van der Waals surface area contributed by atoms with Gasteiger partial charge in [-0.1, -0.05) is 0 Å². The average Bonchev–Trinajstić information content (AvgIpc) is 2.68. The summed E-state index contributed by atoms with van der Waals surface area (Å²) in [5, 5.41) is 13.1. The topological polar surface area (TPSA) is 41.5 Å². The highest BCUT2D eigenvalue weighted by Gasteiger charge is 2.25. The van der Waals surface area contributed by atoms with Gasteiger partial charge in [0, 0.05) is 10.5 Å². The molecule has 0 spiro atoms. The first-order valence-electron chi connectivity index (χ1n) is 5.49. The molecule has 4 heteroatoms. The maximum absolute atomic E-state index is 9.76. The van der Waals surface area contributed by atoms with Gasteiger partial charge in [-0.2, -0.15) is 0 Å². The first-order valence-corrected chi connectivity index (χ1v) is 6.28. The number of hydrogen-bond acceptors (Lipinski definition) is 3. The Morgan fingerprint density at radius 1 is 1.44 bits per heavy atom. The van der Waals surface area contributed by atoms with Crippen LogP contribution >= 0.6 is 15.9 Å². The predicted octanol–water partition coefficient (Wildman–Crippen LogP) is 2.78. The number of halogens is 1. The van der Waals surface area contributed by atoms with E-state index in [1.54, 1.807) is 7.11 Å². The average molecular weight is 286 g/mol. The van der Waals surface area contributed by atoms with E-state index in [1.807, 2.05) is 18.2 Å². The summed E-state index contributed by atoms with van der Waals surface area (Å²) in [6.45, 7) is 0. The fraction of sp³-hybridized carbons (Fsp3) is 0.500. The summed E-state index contributed by atoms with van der Waals surface area (Å²) >= 11 is 3.49. The van der Waals surface area contributed by atoms with Gasteiger partial charge in [-0.3, -0.25) is 0 Å². The third-order valence-corrected chi connectivity index (χ3v) is 3.69. The van der Waals surface area contributed by atoms with Gasteiger partial charge in [-0.25, -0.2) is 0 Å². The van der Waals surface area contributed by atoms with Crippen LogP contribution in [0.5, 0.6) is 5.75 Å². The van der Waals surface area contributed by atoms with Crippen LogP contribution < -0.4 is 10.1 Å². The largest absolute Gasteiger partial charge is 0.497 e. The third kappa shape index (κ3) is 2.50. The van der Waals surface area contributed by atoms with Gasteiger partial charge in [0.1, 0.15) is 5.75 Å². The predicted molar refractivity (Wildman–Crippen MR) is 68.0 cm³/mol. The van der Waals surface area contributed by atoms with E-state index in [4.69, 9.17) is 4.74 Å². The summed E-state index contributed by atoms with van der Waals surface area (Å²) in [6.07, 6.45) is 2.75. The van der Waals surface area contributed by atoms with Crippen LogP contribution in [0.4, 0.5) is 5.69 Å². The van der Waals surface area contributed by atoms with E-state index < -0.39 is 0 Å². The second kappa shape index (κ2) is 5.06. The van der Waals surface area contributed by atoms with Gasteiger partial charge in [0.05, 0.1) is 24.9 Å². The summed E-state index contributed by atoms with van der Waals surface area (Å²) in [5.74, 6) is 0.818. The molecule has 16 heavy (non-hydrogen) atoms. The molecule has 1 aliphatic carbocycles. The first kappa shape index (κ1) is 11.7. The number of aliphatic hydroxyl groups is 1. The van der Waals surface area contributed by atoms with Gasteiger partial charge in [-0.15, -0.1) is 0 Å². The minimum atomic E-state index is -0.238. The molecule has 0 radical (unpaired) electrons. The van der Waals surface area contributed by atoms with Crippen LogP contribution in [0.25, 0.3) is 0 Å². The van der Waals surface area contributed by atoms with Gasteiger partial charge in [0.25, 0.3) is 0 Å². The SMILES string of the molecule is COc1ccc(Br)c(NC2CCCC2O)c1. The second-order valence-electron chi connectivity index (χ2n) is 4.09. The molecule has 2 rings (SSSR count). The fourth-order valence-electron chi connectivity index (χ4n) is 2.05. The number of nitrogens with one attached hydrogen (secondary N) is 1. The van der Waals surface area contributed by atoms with E-state index >= 15 is 0 Å². The van der Waals surface area contributed by atoms with Crippen molar-refractivity contribution < 1.29 is 9.84 Å². The van der Waals surface area contributed by atoms with Crippen molar-refractivity contribution >= 4 is 21.6 Å². The van der Waals surface area contributed by atoms with Gasteiger partial charge in [-0.05, 0) is 47.3 Å². The first-order chi connectivity index (χ1) is 7.70. The molecule has 2 atom stereocenters. The Balaban J connectivity index is 2.13. The Bertz CT molecular complexity index is 370. The van der Waals surface area contributed by atoms with Crippen LogP contribution in [0.1, 0.15) is 19.3 Å². The monoisotopic (exact) mass is 285 g/mol. The molecule has 2 unspecified atom stereocenters. The number of ether oxygens (including phenoxy) is 1. The van der Waals surface area contributed by atoms with E-state index in [0.717, 1.165) is 35.2 Å². The van der Waals surface area contributed by atoms with Crippen molar-refractivity contribution in [3.8, 4) is 5.75 Å². The van der Waals surface area contributed by atoms with Crippen molar-refractivity contribution in [1.82, 2.24) is 0 Å². The lowest BCUT2D eigenvalue weighted by Gasteiger charge is -2.19. The molecule has 2 N–H and O–H groups in total. The van der Waals surface area contributed by atoms with Crippen molar-refractivity contribution in [3.63, 3.8) is 0 Å². The number of aliphatic hydroxyl groups excluding tert-OH is 1. The Labute approximate surface area is 104 Å². The Kier molecular flexibility index (Phi) is 3.71. The third-order valence-electron chi connectivity index (χ3n) is 2.99. The molecule has 0 saturated heterocycles. The standard InChI is InChI=1S/C12H16BrNO2/c1-16-8-5-6-9(13)11(7-8)14-10-3-2-4-12(10)15/h5-7,10,12,14-15H,2-4H2,1H3. The molecule has 0 amide bonds. The zero-order valence-corrected chi connectivity index (χ0v) is 10.8. The molecule has 0 aromatic heterocycles. The van der Waals surface area contributed by atoms with Crippen LogP contribution in [0.2, 0.25) is 0 Å². The number of rotatable bonds is 3. The van der Waals surface area contributed by atoms with E-state index in [-0.39, 0.29) is 12.1 Å². The van der Waals surface area contributed by atoms with Crippen LogP contribution in [0, 0.1) is 0 Å². The lowest BCUT2D eigenvalue weighted by atomic mass is 10.2. The van der Waals surface area contributed by atoms with Gasteiger partial charge >= 0.3 is 0 Å². The number of hydrogen-bond donors (Lipinski definition) is 2. The number of anilines is 1. The highest BCUT2D eigenvalue weighted by molar-refractivity contribution is 9.10. The normalized spacial score (nSPS) is 24.4. The van der Waals surface area contributed by atoms with E-state index in [2.05, 4.69) is 21.2 Å². The minimum absolute atomic E-state index is 0.156. The molecule has 0 heterocycles. The smallest absolute Gasteiger partial charge is 0.121 e. The van der Waals surface area contributed by atoms with E-state index in [0.29, 0.717) is 0 Å².